The Hall–Kier alpha value is -2.15. The maximum absolute atomic E-state index is 12.9. The number of amides is 1. The zero-order chi connectivity index (χ0) is 14.5. The molecular weight excluding hydrogens is 284 g/mol. The van der Waals surface area contributed by atoms with Crippen molar-refractivity contribution in [3.05, 3.63) is 51.5 Å². The van der Waals surface area contributed by atoms with Gasteiger partial charge in [0.2, 0.25) is 5.91 Å². The number of hydrogen-bond donors (Lipinski definition) is 1. The Kier molecular flexibility index (Phi) is 4.52. The lowest BCUT2D eigenvalue weighted by molar-refractivity contribution is -0.120. The van der Waals surface area contributed by atoms with Gasteiger partial charge in [-0.1, -0.05) is 6.07 Å². The Morgan fingerprint density at radius 1 is 1.45 bits per heavy atom. The molecule has 1 aromatic heterocycles. The van der Waals surface area contributed by atoms with Crippen LogP contribution in [0.3, 0.4) is 0 Å². The minimum absolute atomic E-state index is 0.124. The van der Waals surface area contributed by atoms with Gasteiger partial charge in [0.05, 0.1) is 23.3 Å². The molecule has 0 saturated carbocycles. The molecule has 4 nitrogen and oxygen atoms in total. The van der Waals surface area contributed by atoms with Crippen molar-refractivity contribution in [2.24, 2.45) is 5.10 Å². The summed E-state index contributed by atoms with van der Waals surface area (Å²) in [6.07, 6.45) is 1.37. The van der Waals surface area contributed by atoms with Crippen LogP contribution in [0.25, 0.3) is 0 Å². The predicted octanol–water partition coefficient (Wildman–Crippen LogP) is 2.42. The Balaban J connectivity index is 1.89. The third-order valence-corrected chi connectivity index (χ3v) is 3.18. The van der Waals surface area contributed by atoms with Gasteiger partial charge in [0, 0.05) is 5.38 Å². The first-order valence-electron chi connectivity index (χ1n) is 5.72. The molecule has 0 bridgehead atoms. The number of aromatic nitrogens is 1. The van der Waals surface area contributed by atoms with Crippen LogP contribution in [-0.2, 0) is 11.2 Å². The number of hydrazone groups is 1. The van der Waals surface area contributed by atoms with E-state index in [0.717, 1.165) is 17.1 Å². The number of rotatable bonds is 4. The van der Waals surface area contributed by atoms with Crippen molar-refractivity contribution < 1.29 is 13.6 Å². The van der Waals surface area contributed by atoms with Gasteiger partial charge in [-0.05, 0) is 24.6 Å². The molecule has 1 aromatic carbocycles. The van der Waals surface area contributed by atoms with Gasteiger partial charge in [0.1, 0.15) is 0 Å². The van der Waals surface area contributed by atoms with Crippen LogP contribution in [0, 0.1) is 18.6 Å². The van der Waals surface area contributed by atoms with Gasteiger partial charge >= 0.3 is 0 Å². The number of nitrogens with one attached hydrogen (secondary N) is 1. The van der Waals surface area contributed by atoms with Crippen molar-refractivity contribution in [3.63, 3.8) is 0 Å². The van der Waals surface area contributed by atoms with Crippen LogP contribution in [0.4, 0.5) is 8.78 Å². The quantitative estimate of drug-likeness (QED) is 0.695. The molecule has 0 radical (unpaired) electrons. The van der Waals surface area contributed by atoms with E-state index in [1.165, 1.54) is 23.6 Å². The van der Waals surface area contributed by atoms with E-state index in [4.69, 9.17) is 0 Å². The number of carbonyl (C=O) groups excluding carboxylic acids is 1. The summed E-state index contributed by atoms with van der Waals surface area (Å²) in [5, 5.41) is 6.36. The van der Waals surface area contributed by atoms with E-state index in [0.29, 0.717) is 11.3 Å². The zero-order valence-electron chi connectivity index (χ0n) is 10.6. The van der Waals surface area contributed by atoms with Gasteiger partial charge in [-0.2, -0.15) is 5.10 Å². The standard InChI is InChI=1S/C13H11F2N3OS/c1-8-17-10(7-20-8)5-13(19)18-16-6-9-2-3-11(14)12(15)4-9/h2-4,6-7H,5H2,1H3,(H,18,19)/b16-6-. The molecule has 1 N–H and O–H groups in total. The summed E-state index contributed by atoms with van der Waals surface area (Å²) in [6.45, 7) is 1.85. The molecule has 1 heterocycles. The second-order valence-corrected chi connectivity index (χ2v) is 5.06. The predicted molar refractivity (Wildman–Crippen MR) is 72.6 cm³/mol. The molecule has 2 aromatic rings. The number of carbonyl (C=O) groups is 1. The molecule has 0 aliphatic rings. The molecule has 0 spiro atoms. The van der Waals surface area contributed by atoms with Gasteiger partial charge in [-0.25, -0.2) is 19.2 Å². The number of aryl methyl sites for hydroxylation is 1. The first-order valence-corrected chi connectivity index (χ1v) is 6.60. The SMILES string of the molecule is Cc1nc(CC(=O)N/N=C\c2ccc(F)c(F)c2)cs1. The molecule has 20 heavy (non-hydrogen) atoms. The van der Waals surface area contributed by atoms with E-state index < -0.39 is 11.6 Å². The number of benzene rings is 1. The highest BCUT2D eigenvalue weighted by Crippen LogP contribution is 2.08. The summed E-state index contributed by atoms with van der Waals surface area (Å²) < 4.78 is 25.6. The van der Waals surface area contributed by atoms with Crippen LogP contribution in [0.1, 0.15) is 16.3 Å². The second-order valence-electron chi connectivity index (χ2n) is 4.00. The number of hydrogen-bond acceptors (Lipinski definition) is 4. The molecule has 1 amide bonds. The molecule has 7 heteroatoms. The third-order valence-electron chi connectivity index (χ3n) is 2.35. The minimum Gasteiger partial charge on any atom is -0.273 e. The van der Waals surface area contributed by atoms with Crippen molar-refractivity contribution in [2.75, 3.05) is 0 Å². The Morgan fingerprint density at radius 3 is 2.90 bits per heavy atom. The van der Waals surface area contributed by atoms with Crippen LogP contribution in [0.5, 0.6) is 0 Å². The monoisotopic (exact) mass is 295 g/mol. The lowest BCUT2D eigenvalue weighted by atomic mass is 10.2. The molecule has 2 rings (SSSR count). The first-order chi connectivity index (χ1) is 9.54. The van der Waals surface area contributed by atoms with E-state index >= 15 is 0 Å². The fourth-order valence-electron chi connectivity index (χ4n) is 1.46. The van der Waals surface area contributed by atoms with Crippen molar-refractivity contribution in [3.8, 4) is 0 Å². The topological polar surface area (TPSA) is 54.4 Å². The molecule has 0 aliphatic carbocycles. The summed E-state index contributed by atoms with van der Waals surface area (Å²) in [5.74, 6) is -2.21. The van der Waals surface area contributed by atoms with Crippen LogP contribution >= 0.6 is 11.3 Å². The van der Waals surface area contributed by atoms with E-state index in [9.17, 15) is 13.6 Å². The van der Waals surface area contributed by atoms with Crippen LogP contribution < -0.4 is 5.43 Å². The molecule has 0 saturated heterocycles. The molecule has 0 fully saturated rings. The van der Waals surface area contributed by atoms with Gasteiger partial charge in [0.25, 0.3) is 0 Å². The number of thiazole rings is 1. The Bertz CT molecular complexity index is 655. The van der Waals surface area contributed by atoms with Gasteiger partial charge in [-0.3, -0.25) is 4.79 Å². The van der Waals surface area contributed by atoms with Gasteiger partial charge < -0.3 is 0 Å². The summed E-state index contributed by atoms with van der Waals surface area (Å²) >= 11 is 1.46. The van der Waals surface area contributed by atoms with Crippen LogP contribution in [0.15, 0.2) is 28.7 Å². The molecule has 104 valence electrons. The maximum atomic E-state index is 12.9. The van der Waals surface area contributed by atoms with Gasteiger partial charge in [0.15, 0.2) is 11.6 Å². The highest BCUT2D eigenvalue weighted by atomic mass is 32.1. The van der Waals surface area contributed by atoms with Crippen molar-refractivity contribution in [1.29, 1.82) is 0 Å². The second kappa shape index (κ2) is 6.33. The largest absolute Gasteiger partial charge is 0.273 e. The summed E-state index contributed by atoms with van der Waals surface area (Å²) in [4.78, 5) is 15.7. The molecule has 0 atom stereocenters. The normalized spacial score (nSPS) is 10.9. The average Bonchev–Trinajstić information content (AvgIpc) is 2.79. The highest BCUT2D eigenvalue weighted by molar-refractivity contribution is 7.09. The van der Waals surface area contributed by atoms with E-state index in [1.54, 1.807) is 5.38 Å². The van der Waals surface area contributed by atoms with Crippen molar-refractivity contribution >= 4 is 23.5 Å². The van der Waals surface area contributed by atoms with Crippen molar-refractivity contribution in [2.45, 2.75) is 13.3 Å². The fraction of sp³-hybridized carbons (Fsp3) is 0.154. The summed E-state index contributed by atoms with van der Waals surface area (Å²) in [5.41, 5.74) is 3.33. The maximum Gasteiger partial charge on any atom is 0.246 e. The molecule has 0 unspecified atom stereocenters. The zero-order valence-corrected chi connectivity index (χ0v) is 11.4. The van der Waals surface area contributed by atoms with E-state index in [1.807, 2.05) is 6.92 Å². The lowest BCUT2D eigenvalue weighted by Gasteiger charge is -1.98. The summed E-state index contributed by atoms with van der Waals surface area (Å²) in [7, 11) is 0. The Morgan fingerprint density at radius 2 is 2.25 bits per heavy atom. The van der Waals surface area contributed by atoms with Crippen LogP contribution in [0.2, 0.25) is 0 Å². The van der Waals surface area contributed by atoms with Crippen molar-refractivity contribution in [1.82, 2.24) is 10.4 Å². The fourth-order valence-corrected chi connectivity index (χ4v) is 2.08. The highest BCUT2D eigenvalue weighted by Gasteiger charge is 2.05. The smallest absolute Gasteiger partial charge is 0.246 e. The lowest BCUT2D eigenvalue weighted by Crippen LogP contribution is -2.19. The number of halogens is 2. The average molecular weight is 295 g/mol. The minimum atomic E-state index is -0.960. The van der Waals surface area contributed by atoms with E-state index in [-0.39, 0.29) is 12.3 Å². The third kappa shape index (κ3) is 3.92. The first kappa shape index (κ1) is 14.3. The number of nitrogens with zero attached hydrogens (tertiary/aromatic N) is 2. The van der Waals surface area contributed by atoms with Gasteiger partial charge in [-0.15, -0.1) is 11.3 Å². The molecule has 0 aliphatic heterocycles. The summed E-state index contributed by atoms with van der Waals surface area (Å²) in [6, 6.07) is 3.35. The van der Waals surface area contributed by atoms with Crippen LogP contribution in [-0.4, -0.2) is 17.1 Å². The Labute approximate surface area is 118 Å². The molecular formula is C13H11F2N3OS. The van der Waals surface area contributed by atoms with E-state index in [2.05, 4.69) is 15.5 Å².